The number of alkyl halides is 6. The average molecular weight is 557 g/mol. The van der Waals surface area contributed by atoms with Crippen LogP contribution in [-0.4, -0.2) is 30.3 Å². The van der Waals surface area contributed by atoms with Crippen LogP contribution in [0.25, 0.3) is 11.4 Å². The van der Waals surface area contributed by atoms with Gasteiger partial charge in [-0.3, -0.25) is 4.79 Å². The summed E-state index contributed by atoms with van der Waals surface area (Å²) in [5, 5.41) is 6.65. The van der Waals surface area contributed by atoms with Gasteiger partial charge >= 0.3 is 63.7 Å². The molecule has 1 aliphatic rings. The summed E-state index contributed by atoms with van der Waals surface area (Å²) in [6, 6.07) is 7.56. The van der Waals surface area contributed by atoms with E-state index in [1.165, 1.54) is 18.2 Å². The number of hydrogen-bond donors (Lipinski definition) is 1. The smallest absolute Gasteiger partial charge is 0.671 e. The molecule has 0 radical (unpaired) electrons. The Morgan fingerprint density at radius 1 is 1.06 bits per heavy atom. The SMILES string of the molecule is Cc1cc(/C=C/C(c2cc(C)c(Cl)c(C)c2)C(F)(F)F)ccc1[N-]C1(C(=O)NCC(F)(F)F)CC1.[K+]. The number of allylic oxidation sites excluding steroid dienone is 1. The Hall–Kier alpha value is -1.04. The van der Waals surface area contributed by atoms with Crippen molar-refractivity contribution in [2.45, 2.75) is 57.4 Å². The minimum atomic E-state index is -4.52. The third-order valence-corrected chi connectivity index (χ3v) is 6.40. The predicted octanol–water partition coefficient (Wildman–Crippen LogP) is 4.84. The largest absolute Gasteiger partial charge is 1.00 e. The van der Waals surface area contributed by atoms with Crippen molar-refractivity contribution < 1.29 is 82.5 Å². The van der Waals surface area contributed by atoms with Gasteiger partial charge in [0.2, 0.25) is 5.91 Å². The standard InChI is InChI=1S/C25H24ClF6N2O.K/c1-14-10-17(4-6-19(25(30,31)32)18-11-15(2)21(26)16(3)12-18)5-7-20(14)34-23(8-9-23)22(35)33-13-24(27,28)29;/h4-7,10-12,19H,8-9,13H2,1-3H3,(H,33,35);/q-1;+1/b6-4+;. The molecule has 1 saturated carbocycles. The molecule has 190 valence electrons. The number of halogens is 7. The second-order valence-electron chi connectivity index (χ2n) is 8.83. The predicted molar refractivity (Wildman–Crippen MR) is 124 cm³/mol. The fraction of sp³-hybridized carbons (Fsp3) is 0.400. The van der Waals surface area contributed by atoms with Crippen LogP contribution < -0.4 is 56.7 Å². The number of carbonyl (C=O) groups excluding carboxylic acids is 1. The van der Waals surface area contributed by atoms with Crippen molar-refractivity contribution in [1.29, 1.82) is 0 Å². The summed E-state index contributed by atoms with van der Waals surface area (Å²) in [6.07, 6.45) is -5.96. The molecule has 2 aromatic carbocycles. The molecular formula is C25H24ClF6KN2O. The Kier molecular flexibility index (Phi) is 10.2. The first-order chi connectivity index (χ1) is 16.1. The molecule has 0 aliphatic heterocycles. The molecule has 1 N–H and O–H groups in total. The van der Waals surface area contributed by atoms with E-state index in [-0.39, 0.29) is 56.9 Å². The number of hydrogen-bond acceptors (Lipinski definition) is 1. The van der Waals surface area contributed by atoms with Gasteiger partial charge in [0.1, 0.15) is 6.54 Å². The van der Waals surface area contributed by atoms with E-state index in [2.05, 4.69) is 5.32 Å². The van der Waals surface area contributed by atoms with Crippen molar-refractivity contribution in [1.82, 2.24) is 5.32 Å². The molecule has 1 amide bonds. The number of carbonyl (C=O) groups is 1. The molecule has 3 rings (SSSR count). The molecule has 1 atom stereocenters. The molecule has 3 nitrogen and oxygen atoms in total. The van der Waals surface area contributed by atoms with Gasteiger partial charge in [0.15, 0.2) is 0 Å². The van der Waals surface area contributed by atoms with Crippen LogP contribution in [0.5, 0.6) is 0 Å². The molecule has 2 aromatic rings. The van der Waals surface area contributed by atoms with Gasteiger partial charge < -0.3 is 10.6 Å². The van der Waals surface area contributed by atoms with Crippen LogP contribution in [0.1, 0.15) is 46.6 Å². The average Bonchev–Trinajstić information content (AvgIpc) is 3.51. The third-order valence-electron chi connectivity index (χ3n) is 5.80. The van der Waals surface area contributed by atoms with Crippen LogP contribution in [0, 0.1) is 20.8 Å². The summed E-state index contributed by atoms with van der Waals surface area (Å²) < 4.78 is 78.6. The van der Waals surface area contributed by atoms with Gasteiger partial charge in [-0.25, -0.2) is 0 Å². The Balaban J connectivity index is 0.00000456. The summed E-state index contributed by atoms with van der Waals surface area (Å²) in [6.45, 7) is 3.54. The zero-order valence-corrected chi connectivity index (χ0v) is 24.1. The summed E-state index contributed by atoms with van der Waals surface area (Å²) in [7, 11) is 0. The molecule has 1 fully saturated rings. The Morgan fingerprint density at radius 2 is 1.64 bits per heavy atom. The maximum Gasteiger partial charge on any atom is 1.00 e. The zero-order valence-electron chi connectivity index (χ0n) is 20.2. The van der Waals surface area contributed by atoms with Crippen LogP contribution >= 0.6 is 11.6 Å². The van der Waals surface area contributed by atoms with Crippen molar-refractivity contribution in [3.63, 3.8) is 0 Å². The zero-order chi connectivity index (χ0) is 26.2. The van der Waals surface area contributed by atoms with Gasteiger partial charge in [-0.1, -0.05) is 72.5 Å². The van der Waals surface area contributed by atoms with Crippen LogP contribution in [0.3, 0.4) is 0 Å². The van der Waals surface area contributed by atoms with Crippen molar-refractivity contribution in [3.05, 3.63) is 74.6 Å². The number of amides is 1. The minimum absolute atomic E-state index is 0. The first kappa shape index (κ1) is 31.2. The minimum Gasteiger partial charge on any atom is -0.671 e. The number of nitrogens with one attached hydrogen (secondary N) is 1. The van der Waals surface area contributed by atoms with Crippen LogP contribution in [0.15, 0.2) is 36.4 Å². The monoisotopic (exact) mass is 556 g/mol. The number of aryl methyl sites for hydroxylation is 3. The van der Waals surface area contributed by atoms with E-state index in [4.69, 9.17) is 11.6 Å². The molecule has 0 aromatic heterocycles. The summed E-state index contributed by atoms with van der Waals surface area (Å²) >= 11 is 6.10. The number of rotatable bonds is 7. The summed E-state index contributed by atoms with van der Waals surface area (Å²) in [4.78, 5) is 12.2. The van der Waals surface area contributed by atoms with Gasteiger partial charge in [0.25, 0.3) is 0 Å². The van der Waals surface area contributed by atoms with Gasteiger partial charge in [0, 0.05) is 5.02 Å². The second kappa shape index (κ2) is 11.8. The molecule has 0 spiro atoms. The molecule has 11 heteroatoms. The van der Waals surface area contributed by atoms with E-state index in [1.54, 1.807) is 39.0 Å². The van der Waals surface area contributed by atoms with Crippen molar-refractivity contribution >= 4 is 29.3 Å². The maximum atomic E-state index is 13.8. The van der Waals surface area contributed by atoms with Gasteiger partial charge in [-0.2, -0.15) is 26.3 Å². The van der Waals surface area contributed by atoms with E-state index < -0.39 is 36.3 Å². The van der Waals surface area contributed by atoms with Crippen LogP contribution in [0.4, 0.5) is 32.0 Å². The first-order valence-corrected chi connectivity index (χ1v) is 11.2. The van der Waals surface area contributed by atoms with E-state index in [1.807, 2.05) is 5.32 Å². The van der Waals surface area contributed by atoms with E-state index in [0.29, 0.717) is 45.8 Å². The molecule has 0 bridgehead atoms. The van der Waals surface area contributed by atoms with Crippen LogP contribution in [0.2, 0.25) is 5.02 Å². The maximum absolute atomic E-state index is 13.8. The topological polar surface area (TPSA) is 43.2 Å². The van der Waals surface area contributed by atoms with E-state index >= 15 is 0 Å². The van der Waals surface area contributed by atoms with Crippen molar-refractivity contribution in [3.8, 4) is 0 Å². The molecule has 1 aliphatic carbocycles. The second-order valence-corrected chi connectivity index (χ2v) is 9.21. The Bertz CT molecular complexity index is 1120. The van der Waals surface area contributed by atoms with Gasteiger partial charge in [-0.05, 0) is 48.6 Å². The summed E-state index contributed by atoms with van der Waals surface area (Å²) in [5.41, 5.74) is 1.43. The van der Waals surface area contributed by atoms with Crippen molar-refractivity contribution in [2.24, 2.45) is 0 Å². The molecule has 0 saturated heterocycles. The van der Waals surface area contributed by atoms with E-state index in [0.717, 1.165) is 6.08 Å². The molecule has 0 heterocycles. The van der Waals surface area contributed by atoms with Gasteiger partial charge in [-0.15, -0.1) is 5.69 Å². The molecule has 36 heavy (non-hydrogen) atoms. The Labute approximate surface area is 253 Å². The first-order valence-electron chi connectivity index (χ1n) is 10.8. The van der Waals surface area contributed by atoms with Crippen molar-refractivity contribution in [2.75, 3.05) is 6.54 Å². The quantitative estimate of drug-likeness (QED) is 0.385. The fourth-order valence-electron chi connectivity index (χ4n) is 3.77. The fourth-order valence-corrected chi connectivity index (χ4v) is 3.88. The Morgan fingerprint density at radius 3 is 2.11 bits per heavy atom. The normalized spacial score (nSPS) is 15.8. The van der Waals surface area contributed by atoms with Crippen LogP contribution in [-0.2, 0) is 4.79 Å². The van der Waals surface area contributed by atoms with E-state index in [9.17, 15) is 31.1 Å². The molecular weight excluding hydrogens is 533 g/mol. The summed E-state index contributed by atoms with van der Waals surface area (Å²) in [5.74, 6) is -2.63. The third kappa shape index (κ3) is 7.98. The van der Waals surface area contributed by atoms with Gasteiger partial charge in [0.05, 0.1) is 5.92 Å². The number of benzene rings is 2. The molecule has 1 unspecified atom stereocenters. The number of nitrogens with zero attached hydrogens (tertiary/aromatic N) is 1.